The Kier molecular flexibility index (Phi) is 4.80. The topological polar surface area (TPSA) is 81.9 Å². The van der Waals surface area contributed by atoms with Crippen molar-refractivity contribution in [3.8, 4) is 11.5 Å². The van der Waals surface area contributed by atoms with E-state index in [0.717, 1.165) is 0 Å². The molecule has 0 aromatic heterocycles. The van der Waals surface area contributed by atoms with Crippen LogP contribution in [0.5, 0.6) is 11.5 Å². The van der Waals surface area contributed by atoms with Crippen LogP contribution in [0.3, 0.4) is 0 Å². The van der Waals surface area contributed by atoms with E-state index in [-0.39, 0.29) is 22.7 Å². The minimum Gasteiger partial charge on any atom is -0.493 e. The van der Waals surface area contributed by atoms with Crippen molar-refractivity contribution in [2.24, 2.45) is 0 Å². The number of nitro groups is 1. The number of anilines is 1. The third kappa shape index (κ3) is 3.23. The molecule has 2 aromatic carbocycles. The van der Waals surface area contributed by atoms with Gasteiger partial charge in [-0.1, -0.05) is 18.2 Å². The molecule has 0 bridgehead atoms. The monoisotopic (exact) mass is 316 g/mol. The number of ether oxygens (including phenoxy) is 2. The van der Waals surface area contributed by atoms with Crippen LogP contribution in [0.1, 0.15) is 10.4 Å². The summed E-state index contributed by atoms with van der Waals surface area (Å²) in [6, 6.07) is 11.4. The largest absolute Gasteiger partial charge is 0.493 e. The number of methoxy groups -OCH3 is 2. The Labute approximate surface area is 133 Å². The highest BCUT2D eigenvalue weighted by molar-refractivity contribution is 6.08. The van der Waals surface area contributed by atoms with Gasteiger partial charge in [-0.05, 0) is 12.1 Å². The number of rotatable bonds is 5. The van der Waals surface area contributed by atoms with E-state index in [9.17, 15) is 14.9 Å². The standard InChI is InChI=1S/C16H16N2O5/c1-17(11-7-5-4-6-8-11)16(19)12-9-14(22-2)15(23-3)10-13(12)18(20)21/h4-10H,1-3H3. The Morgan fingerprint density at radius 3 is 2.17 bits per heavy atom. The van der Waals surface area contributed by atoms with Gasteiger partial charge >= 0.3 is 0 Å². The lowest BCUT2D eigenvalue weighted by atomic mass is 10.1. The molecule has 0 aliphatic carbocycles. The molecule has 0 saturated carbocycles. The van der Waals surface area contributed by atoms with Crippen molar-refractivity contribution in [1.29, 1.82) is 0 Å². The van der Waals surface area contributed by atoms with E-state index < -0.39 is 10.8 Å². The Morgan fingerprint density at radius 1 is 1.09 bits per heavy atom. The summed E-state index contributed by atoms with van der Waals surface area (Å²) in [4.78, 5) is 24.7. The van der Waals surface area contributed by atoms with Gasteiger partial charge in [0.2, 0.25) is 0 Å². The maximum Gasteiger partial charge on any atom is 0.286 e. The summed E-state index contributed by atoms with van der Waals surface area (Å²) < 4.78 is 10.2. The summed E-state index contributed by atoms with van der Waals surface area (Å²) >= 11 is 0. The Hall–Kier alpha value is -3.09. The first-order valence-corrected chi connectivity index (χ1v) is 6.73. The van der Waals surface area contributed by atoms with Crippen molar-refractivity contribution in [3.63, 3.8) is 0 Å². The second kappa shape index (κ2) is 6.78. The molecule has 0 N–H and O–H groups in total. The second-order valence-corrected chi connectivity index (χ2v) is 4.68. The molecule has 7 heteroatoms. The Bertz CT molecular complexity index is 731. The molecule has 0 unspecified atom stereocenters. The number of hydrogen-bond donors (Lipinski definition) is 0. The fraction of sp³-hybridized carbons (Fsp3) is 0.188. The van der Waals surface area contributed by atoms with Crippen molar-refractivity contribution in [2.45, 2.75) is 0 Å². The van der Waals surface area contributed by atoms with E-state index >= 15 is 0 Å². The Morgan fingerprint density at radius 2 is 1.65 bits per heavy atom. The molecular formula is C16H16N2O5. The van der Waals surface area contributed by atoms with Gasteiger partial charge in [-0.2, -0.15) is 0 Å². The van der Waals surface area contributed by atoms with E-state index in [4.69, 9.17) is 9.47 Å². The molecule has 0 radical (unpaired) electrons. The van der Waals surface area contributed by atoms with Crippen LogP contribution >= 0.6 is 0 Å². The van der Waals surface area contributed by atoms with Crippen LogP contribution < -0.4 is 14.4 Å². The number of nitrogens with zero attached hydrogens (tertiary/aromatic N) is 2. The number of hydrogen-bond acceptors (Lipinski definition) is 5. The van der Waals surface area contributed by atoms with Crippen LogP contribution in [-0.4, -0.2) is 32.1 Å². The summed E-state index contributed by atoms with van der Waals surface area (Å²) in [5.74, 6) is -0.0649. The highest BCUT2D eigenvalue weighted by atomic mass is 16.6. The maximum atomic E-state index is 12.7. The number of carbonyl (C=O) groups excluding carboxylic acids is 1. The summed E-state index contributed by atoms with van der Waals surface area (Å²) in [6.07, 6.45) is 0. The smallest absolute Gasteiger partial charge is 0.286 e. The van der Waals surface area contributed by atoms with Crippen molar-refractivity contribution in [3.05, 3.63) is 58.1 Å². The van der Waals surface area contributed by atoms with Gasteiger partial charge in [0.25, 0.3) is 11.6 Å². The second-order valence-electron chi connectivity index (χ2n) is 4.68. The number of para-hydroxylation sites is 1. The molecule has 0 fully saturated rings. The van der Waals surface area contributed by atoms with Gasteiger partial charge in [0, 0.05) is 18.8 Å². The molecule has 7 nitrogen and oxygen atoms in total. The van der Waals surface area contributed by atoms with Crippen LogP contribution in [0.25, 0.3) is 0 Å². The average molecular weight is 316 g/mol. The van der Waals surface area contributed by atoms with Crippen LogP contribution in [0.15, 0.2) is 42.5 Å². The van der Waals surface area contributed by atoms with E-state index in [1.54, 1.807) is 31.3 Å². The van der Waals surface area contributed by atoms with Gasteiger partial charge in [-0.3, -0.25) is 14.9 Å². The summed E-state index contributed by atoms with van der Waals surface area (Å²) in [7, 11) is 4.33. The fourth-order valence-corrected chi connectivity index (χ4v) is 2.14. The molecule has 0 spiro atoms. The van der Waals surface area contributed by atoms with Crippen molar-refractivity contribution < 1.29 is 19.2 Å². The van der Waals surface area contributed by atoms with Gasteiger partial charge in [-0.25, -0.2) is 0 Å². The third-order valence-electron chi connectivity index (χ3n) is 3.38. The van der Waals surface area contributed by atoms with E-state index in [1.807, 2.05) is 6.07 Å². The number of carbonyl (C=O) groups is 1. The van der Waals surface area contributed by atoms with Gasteiger partial charge in [0.1, 0.15) is 5.56 Å². The molecule has 2 aromatic rings. The number of nitro benzene ring substituents is 1. The molecular weight excluding hydrogens is 300 g/mol. The predicted octanol–water partition coefficient (Wildman–Crippen LogP) is 2.89. The molecule has 0 atom stereocenters. The molecule has 120 valence electrons. The molecule has 0 aliphatic rings. The zero-order chi connectivity index (χ0) is 17.0. The minimum absolute atomic E-state index is 0.0704. The molecule has 0 heterocycles. The summed E-state index contributed by atoms with van der Waals surface area (Å²) in [5.41, 5.74) is 0.219. The molecule has 2 rings (SSSR count). The SMILES string of the molecule is COc1cc(C(=O)N(C)c2ccccc2)c([N+](=O)[O-])cc1OC. The molecule has 0 saturated heterocycles. The maximum absolute atomic E-state index is 12.7. The van der Waals surface area contributed by atoms with E-state index in [0.29, 0.717) is 5.69 Å². The fourth-order valence-electron chi connectivity index (χ4n) is 2.14. The van der Waals surface area contributed by atoms with Crippen LogP contribution in [0.4, 0.5) is 11.4 Å². The normalized spacial score (nSPS) is 10.0. The lowest BCUT2D eigenvalue weighted by Crippen LogP contribution is -2.27. The highest BCUT2D eigenvalue weighted by Crippen LogP contribution is 2.35. The van der Waals surface area contributed by atoms with E-state index in [1.165, 1.54) is 31.3 Å². The Balaban J connectivity index is 2.52. The zero-order valence-electron chi connectivity index (χ0n) is 13.0. The summed E-state index contributed by atoms with van der Waals surface area (Å²) in [5, 5.41) is 11.3. The summed E-state index contributed by atoms with van der Waals surface area (Å²) in [6.45, 7) is 0. The van der Waals surface area contributed by atoms with Crippen LogP contribution in [0, 0.1) is 10.1 Å². The van der Waals surface area contributed by atoms with Crippen molar-refractivity contribution >= 4 is 17.3 Å². The third-order valence-corrected chi connectivity index (χ3v) is 3.38. The number of benzene rings is 2. The van der Waals surface area contributed by atoms with Crippen LogP contribution in [0.2, 0.25) is 0 Å². The van der Waals surface area contributed by atoms with Gasteiger partial charge in [-0.15, -0.1) is 0 Å². The molecule has 23 heavy (non-hydrogen) atoms. The average Bonchev–Trinajstić information content (AvgIpc) is 2.59. The lowest BCUT2D eigenvalue weighted by Gasteiger charge is -2.18. The zero-order valence-corrected chi connectivity index (χ0v) is 13.0. The van der Waals surface area contributed by atoms with Gasteiger partial charge < -0.3 is 14.4 Å². The predicted molar refractivity (Wildman–Crippen MR) is 85.4 cm³/mol. The molecule has 0 aliphatic heterocycles. The minimum atomic E-state index is -0.617. The highest BCUT2D eigenvalue weighted by Gasteiger charge is 2.27. The van der Waals surface area contributed by atoms with Crippen molar-refractivity contribution in [2.75, 3.05) is 26.2 Å². The van der Waals surface area contributed by atoms with Crippen molar-refractivity contribution in [1.82, 2.24) is 0 Å². The van der Waals surface area contributed by atoms with Crippen LogP contribution in [-0.2, 0) is 0 Å². The van der Waals surface area contributed by atoms with Gasteiger partial charge in [0.15, 0.2) is 11.5 Å². The number of amides is 1. The lowest BCUT2D eigenvalue weighted by molar-refractivity contribution is -0.385. The quantitative estimate of drug-likeness (QED) is 0.626. The van der Waals surface area contributed by atoms with Gasteiger partial charge in [0.05, 0.1) is 25.2 Å². The first-order valence-electron chi connectivity index (χ1n) is 6.73. The first-order chi connectivity index (χ1) is 11.0. The van der Waals surface area contributed by atoms with E-state index in [2.05, 4.69) is 0 Å². The first kappa shape index (κ1) is 16.3. The molecule has 1 amide bonds.